The van der Waals surface area contributed by atoms with Crippen LogP contribution in [-0.2, 0) is 14.8 Å². The van der Waals surface area contributed by atoms with E-state index in [-0.39, 0.29) is 24.8 Å². The van der Waals surface area contributed by atoms with Crippen molar-refractivity contribution in [3.63, 3.8) is 0 Å². The van der Waals surface area contributed by atoms with Crippen LogP contribution in [0.3, 0.4) is 0 Å². The minimum atomic E-state index is -3.63. The van der Waals surface area contributed by atoms with Gasteiger partial charge in [0.1, 0.15) is 0 Å². The Morgan fingerprint density at radius 3 is 2.50 bits per heavy atom. The molecule has 0 aromatic heterocycles. The molecule has 146 valence electrons. The first-order valence-electron chi connectivity index (χ1n) is 9.27. The van der Waals surface area contributed by atoms with Crippen molar-refractivity contribution in [3.8, 4) is 0 Å². The molecule has 0 unspecified atom stereocenters. The molecule has 0 radical (unpaired) electrons. The van der Waals surface area contributed by atoms with Gasteiger partial charge in [-0.1, -0.05) is 26.0 Å². The highest BCUT2D eigenvalue weighted by Gasteiger charge is 2.28. The molecule has 6 nitrogen and oxygen atoms in total. The number of sulfonamides is 1. The number of nitrogens with zero attached hydrogens (tertiary/aromatic N) is 2. The van der Waals surface area contributed by atoms with Crippen molar-refractivity contribution in [2.75, 3.05) is 39.3 Å². The quantitative estimate of drug-likeness (QED) is 0.782. The van der Waals surface area contributed by atoms with Gasteiger partial charge in [0.2, 0.25) is 15.9 Å². The Balaban J connectivity index is 2.17. The molecule has 0 atom stereocenters. The van der Waals surface area contributed by atoms with Crippen LogP contribution in [0.2, 0.25) is 0 Å². The molecule has 1 aliphatic rings. The summed E-state index contributed by atoms with van der Waals surface area (Å²) in [6.45, 7) is 11.3. The van der Waals surface area contributed by atoms with Gasteiger partial charge >= 0.3 is 0 Å². The van der Waals surface area contributed by atoms with Crippen LogP contribution in [0.15, 0.2) is 23.1 Å². The SMILES string of the molecule is Cc1ccc(C)c(S(=O)(=O)N(CCC(=O)N2CCNCC2)CC(C)C)c1. The second kappa shape index (κ2) is 8.97. The predicted octanol–water partition coefficient (Wildman–Crippen LogP) is 1.77. The normalized spacial score (nSPS) is 15.7. The standard InChI is InChI=1S/C19H31N3O3S/c1-15(2)14-22(10-7-19(23)21-11-8-20-9-12-21)26(24,25)18-13-16(3)5-6-17(18)4/h5-6,13,15,20H,7-12,14H2,1-4H3. The van der Waals surface area contributed by atoms with Gasteiger partial charge in [0.15, 0.2) is 0 Å². The highest BCUT2D eigenvalue weighted by molar-refractivity contribution is 7.89. The van der Waals surface area contributed by atoms with Crippen molar-refractivity contribution in [1.29, 1.82) is 0 Å². The molecule has 1 aromatic carbocycles. The summed E-state index contributed by atoms with van der Waals surface area (Å²) in [5, 5.41) is 3.22. The van der Waals surface area contributed by atoms with Gasteiger partial charge in [-0.3, -0.25) is 4.79 Å². The largest absolute Gasteiger partial charge is 0.340 e. The first-order valence-corrected chi connectivity index (χ1v) is 10.7. The molecule has 0 saturated carbocycles. The van der Waals surface area contributed by atoms with Gasteiger partial charge in [-0.25, -0.2) is 8.42 Å². The predicted molar refractivity (Wildman–Crippen MR) is 104 cm³/mol. The fourth-order valence-corrected chi connectivity index (χ4v) is 5.05. The lowest BCUT2D eigenvalue weighted by Crippen LogP contribution is -2.47. The third-order valence-electron chi connectivity index (χ3n) is 4.58. The van der Waals surface area contributed by atoms with Crippen LogP contribution < -0.4 is 5.32 Å². The van der Waals surface area contributed by atoms with Gasteiger partial charge in [0.05, 0.1) is 4.90 Å². The first-order chi connectivity index (χ1) is 12.2. The summed E-state index contributed by atoms with van der Waals surface area (Å²) < 4.78 is 27.9. The van der Waals surface area contributed by atoms with Gasteiger partial charge in [-0.2, -0.15) is 4.31 Å². The highest BCUT2D eigenvalue weighted by Crippen LogP contribution is 2.22. The summed E-state index contributed by atoms with van der Waals surface area (Å²) in [6, 6.07) is 5.47. The molecule has 1 aromatic rings. The number of carbonyl (C=O) groups excluding carboxylic acids is 1. The van der Waals surface area contributed by atoms with Crippen LogP contribution in [0.4, 0.5) is 0 Å². The molecule has 0 spiro atoms. The van der Waals surface area contributed by atoms with Crippen molar-refractivity contribution >= 4 is 15.9 Å². The van der Waals surface area contributed by atoms with Crippen molar-refractivity contribution < 1.29 is 13.2 Å². The third-order valence-corrected chi connectivity index (χ3v) is 6.58. The molecule has 0 bridgehead atoms. The van der Waals surface area contributed by atoms with Gasteiger partial charge < -0.3 is 10.2 Å². The molecular formula is C19H31N3O3S. The Kier molecular flexibility index (Phi) is 7.20. The maximum Gasteiger partial charge on any atom is 0.243 e. The number of piperazine rings is 1. The van der Waals surface area contributed by atoms with Gasteiger partial charge in [-0.05, 0) is 37.0 Å². The number of nitrogens with one attached hydrogen (secondary N) is 1. The number of rotatable bonds is 7. The summed E-state index contributed by atoms with van der Waals surface area (Å²) in [4.78, 5) is 14.6. The molecule has 0 aliphatic carbocycles. The molecule has 7 heteroatoms. The van der Waals surface area contributed by atoms with Crippen molar-refractivity contribution in [1.82, 2.24) is 14.5 Å². The number of aryl methyl sites for hydroxylation is 2. The fourth-order valence-electron chi connectivity index (χ4n) is 3.13. The average Bonchev–Trinajstić information content (AvgIpc) is 2.60. The Morgan fingerprint density at radius 1 is 1.23 bits per heavy atom. The fraction of sp³-hybridized carbons (Fsp3) is 0.632. The van der Waals surface area contributed by atoms with Crippen LogP contribution in [-0.4, -0.2) is 62.8 Å². The smallest absolute Gasteiger partial charge is 0.243 e. The summed E-state index contributed by atoms with van der Waals surface area (Å²) in [5.41, 5.74) is 1.65. The van der Waals surface area contributed by atoms with E-state index in [9.17, 15) is 13.2 Å². The molecular weight excluding hydrogens is 350 g/mol. The van der Waals surface area contributed by atoms with Gasteiger partial charge in [0, 0.05) is 45.7 Å². The van der Waals surface area contributed by atoms with E-state index in [0.29, 0.717) is 24.5 Å². The number of benzene rings is 1. The monoisotopic (exact) mass is 381 g/mol. The minimum absolute atomic E-state index is 0.0245. The molecule has 1 amide bonds. The highest BCUT2D eigenvalue weighted by atomic mass is 32.2. The van der Waals surface area contributed by atoms with Crippen LogP contribution in [0, 0.1) is 19.8 Å². The number of hydrogen-bond donors (Lipinski definition) is 1. The zero-order chi connectivity index (χ0) is 19.3. The molecule has 1 saturated heterocycles. The van der Waals surface area contributed by atoms with E-state index in [4.69, 9.17) is 0 Å². The van der Waals surface area contributed by atoms with E-state index in [1.165, 1.54) is 4.31 Å². The number of carbonyl (C=O) groups is 1. The van der Waals surface area contributed by atoms with E-state index in [2.05, 4.69) is 5.32 Å². The Labute approximate surface area is 157 Å². The zero-order valence-corrected chi connectivity index (χ0v) is 17.1. The van der Waals surface area contributed by atoms with Crippen molar-refractivity contribution in [2.24, 2.45) is 5.92 Å². The van der Waals surface area contributed by atoms with E-state index in [1.807, 2.05) is 44.7 Å². The van der Waals surface area contributed by atoms with Crippen LogP contribution in [0.1, 0.15) is 31.4 Å². The second-order valence-corrected chi connectivity index (χ2v) is 9.31. The maximum absolute atomic E-state index is 13.2. The lowest BCUT2D eigenvalue weighted by atomic mass is 10.2. The summed E-state index contributed by atoms with van der Waals surface area (Å²) in [7, 11) is -3.63. The third kappa shape index (κ3) is 5.28. The van der Waals surface area contributed by atoms with E-state index >= 15 is 0 Å². The van der Waals surface area contributed by atoms with E-state index in [0.717, 1.165) is 24.2 Å². The molecule has 1 aliphatic heterocycles. The van der Waals surface area contributed by atoms with Crippen LogP contribution in [0.25, 0.3) is 0 Å². The lowest BCUT2D eigenvalue weighted by Gasteiger charge is -2.29. The summed E-state index contributed by atoms with van der Waals surface area (Å²) >= 11 is 0. The lowest BCUT2D eigenvalue weighted by molar-refractivity contribution is -0.131. The summed E-state index contributed by atoms with van der Waals surface area (Å²) in [6.07, 6.45) is 0.219. The Bertz CT molecular complexity index is 726. The minimum Gasteiger partial charge on any atom is -0.340 e. The molecule has 1 fully saturated rings. The average molecular weight is 382 g/mol. The van der Waals surface area contributed by atoms with Crippen molar-refractivity contribution in [2.45, 2.75) is 39.0 Å². The van der Waals surface area contributed by atoms with E-state index in [1.54, 1.807) is 6.07 Å². The second-order valence-electron chi connectivity index (χ2n) is 7.41. The van der Waals surface area contributed by atoms with E-state index < -0.39 is 10.0 Å². The zero-order valence-electron chi connectivity index (χ0n) is 16.3. The van der Waals surface area contributed by atoms with Crippen LogP contribution in [0.5, 0.6) is 0 Å². The number of hydrogen-bond acceptors (Lipinski definition) is 4. The molecule has 1 heterocycles. The first kappa shape index (κ1) is 20.9. The topological polar surface area (TPSA) is 69.7 Å². The molecule has 1 N–H and O–H groups in total. The van der Waals surface area contributed by atoms with Crippen molar-refractivity contribution in [3.05, 3.63) is 29.3 Å². The molecule has 2 rings (SSSR count). The maximum atomic E-state index is 13.2. The van der Waals surface area contributed by atoms with Crippen LogP contribution >= 0.6 is 0 Å². The Hall–Kier alpha value is -1.44. The summed E-state index contributed by atoms with van der Waals surface area (Å²) in [5.74, 6) is 0.209. The molecule has 26 heavy (non-hydrogen) atoms. The number of amides is 1. The van der Waals surface area contributed by atoms with Gasteiger partial charge in [0.25, 0.3) is 0 Å². The Morgan fingerprint density at radius 2 is 1.88 bits per heavy atom. The van der Waals surface area contributed by atoms with Gasteiger partial charge in [-0.15, -0.1) is 0 Å².